The Labute approximate surface area is 149 Å². The number of hydrogen-bond donors (Lipinski definition) is 1. The topological polar surface area (TPSA) is 29.1 Å². The molecule has 1 N–H and O–H groups in total. The molecule has 0 aliphatic rings. The van der Waals surface area contributed by atoms with Crippen LogP contribution in [0.5, 0.6) is 0 Å². The van der Waals surface area contributed by atoms with Gasteiger partial charge in [-0.25, -0.2) is 0 Å². The molecule has 0 radical (unpaired) electrons. The summed E-state index contributed by atoms with van der Waals surface area (Å²) in [5.74, 6) is 0.771. The fourth-order valence-corrected chi connectivity index (χ4v) is 3.57. The minimum atomic E-state index is -0.0195. The molecule has 126 valence electrons. The molecule has 0 saturated heterocycles. The van der Waals surface area contributed by atoms with Crippen molar-refractivity contribution in [1.29, 1.82) is 0 Å². The first-order valence-electron chi connectivity index (χ1n) is 8.27. The van der Waals surface area contributed by atoms with Gasteiger partial charge in [-0.1, -0.05) is 48.9 Å². The summed E-state index contributed by atoms with van der Waals surface area (Å²) in [6.07, 6.45) is 2.71. The minimum absolute atomic E-state index is 0.0195. The maximum Gasteiger partial charge on any atom is 0.252 e. The van der Waals surface area contributed by atoms with Crippen molar-refractivity contribution >= 4 is 17.7 Å². The lowest BCUT2D eigenvalue weighted by Crippen LogP contribution is -2.29. The van der Waals surface area contributed by atoms with Crippen LogP contribution >= 0.6 is 11.8 Å². The molecule has 3 heteroatoms. The number of nitrogens with one attached hydrogen (secondary N) is 1. The second-order valence-electron chi connectivity index (χ2n) is 5.89. The third kappa shape index (κ3) is 4.51. The Morgan fingerprint density at radius 3 is 2.67 bits per heavy atom. The highest BCUT2D eigenvalue weighted by molar-refractivity contribution is 7.99. The van der Waals surface area contributed by atoms with Gasteiger partial charge in [0.2, 0.25) is 0 Å². The van der Waals surface area contributed by atoms with E-state index in [4.69, 9.17) is 0 Å². The zero-order valence-corrected chi connectivity index (χ0v) is 15.5. The van der Waals surface area contributed by atoms with E-state index in [-0.39, 0.29) is 11.9 Å². The highest BCUT2D eigenvalue weighted by Crippen LogP contribution is 2.25. The molecule has 0 unspecified atom stereocenters. The zero-order valence-electron chi connectivity index (χ0n) is 14.6. The van der Waals surface area contributed by atoms with Crippen LogP contribution in [-0.2, 0) is 0 Å². The second kappa shape index (κ2) is 8.74. The van der Waals surface area contributed by atoms with E-state index < -0.39 is 0 Å². The van der Waals surface area contributed by atoms with E-state index in [1.165, 1.54) is 16.7 Å². The highest BCUT2D eigenvalue weighted by atomic mass is 32.2. The summed E-state index contributed by atoms with van der Waals surface area (Å²) in [6, 6.07) is 14.2. The number of carbonyl (C=O) groups excluding carboxylic acids is 1. The summed E-state index contributed by atoms with van der Waals surface area (Å²) in [7, 11) is 0. The summed E-state index contributed by atoms with van der Waals surface area (Å²) < 4.78 is 0. The van der Waals surface area contributed by atoms with Crippen molar-refractivity contribution in [3.05, 3.63) is 77.4 Å². The van der Waals surface area contributed by atoms with E-state index in [9.17, 15) is 4.79 Å². The van der Waals surface area contributed by atoms with Crippen molar-refractivity contribution in [2.75, 3.05) is 5.75 Å². The van der Waals surface area contributed by atoms with Crippen molar-refractivity contribution in [3.63, 3.8) is 0 Å². The maximum atomic E-state index is 12.8. The summed E-state index contributed by atoms with van der Waals surface area (Å²) in [5, 5.41) is 3.20. The van der Waals surface area contributed by atoms with E-state index in [0.717, 1.165) is 22.6 Å². The molecule has 0 spiro atoms. The summed E-state index contributed by atoms with van der Waals surface area (Å²) in [4.78, 5) is 13.8. The first-order valence-corrected chi connectivity index (χ1v) is 9.26. The molecule has 0 bridgehead atoms. The van der Waals surface area contributed by atoms with Gasteiger partial charge in [-0.15, -0.1) is 18.3 Å². The van der Waals surface area contributed by atoms with Crippen LogP contribution in [0.15, 0.2) is 60.0 Å². The summed E-state index contributed by atoms with van der Waals surface area (Å²) in [6.45, 7) is 10.0. The molecule has 2 rings (SSSR count). The first kappa shape index (κ1) is 18.3. The van der Waals surface area contributed by atoms with Gasteiger partial charge >= 0.3 is 0 Å². The Morgan fingerprint density at radius 1 is 1.25 bits per heavy atom. The van der Waals surface area contributed by atoms with E-state index in [0.29, 0.717) is 0 Å². The van der Waals surface area contributed by atoms with Crippen molar-refractivity contribution < 1.29 is 4.79 Å². The molecule has 1 amide bonds. The van der Waals surface area contributed by atoms with E-state index in [1.54, 1.807) is 11.8 Å². The highest BCUT2D eigenvalue weighted by Gasteiger charge is 2.18. The van der Waals surface area contributed by atoms with Gasteiger partial charge in [-0.05, 0) is 43.5 Å². The summed E-state index contributed by atoms with van der Waals surface area (Å²) >= 11 is 1.63. The Morgan fingerprint density at radius 2 is 2.00 bits per heavy atom. The van der Waals surface area contributed by atoms with Gasteiger partial charge in [0.25, 0.3) is 5.91 Å². The van der Waals surface area contributed by atoms with E-state index in [2.05, 4.69) is 50.9 Å². The average Bonchev–Trinajstić information content (AvgIpc) is 2.58. The Hall–Kier alpha value is -2.00. The average molecular weight is 340 g/mol. The van der Waals surface area contributed by atoms with Gasteiger partial charge in [0.05, 0.1) is 11.6 Å². The molecule has 0 heterocycles. The second-order valence-corrected chi connectivity index (χ2v) is 6.95. The quantitative estimate of drug-likeness (QED) is 0.536. The lowest BCUT2D eigenvalue weighted by Gasteiger charge is -2.20. The predicted octanol–water partition coefficient (Wildman–Crippen LogP) is 5.46. The van der Waals surface area contributed by atoms with Gasteiger partial charge in [0.1, 0.15) is 0 Å². The Bertz CT molecular complexity index is 724. The lowest BCUT2D eigenvalue weighted by molar-refractivity contribution is 0.0932. The molecule has 1 atom stereocenters. The van der Waals surface area contributed by atoms with Crippen LogP contribution in [0.25, 0.3) is 0 Å². The first-order chi connectivity index (χ1) is 11.6. The van der Waals surface area contributed by atoms with Gasteiger partial charge in [-0.2, -0.15) is 0 Å². The molecule has 0 aromatic heterocycles. The molecule has 2 aromatic carbocycles. The Balaban J connectivity index is 2.22. The molecule has 24 heavy (non-hydrogen) atoms. The van der Waals surface area contributed by atoms with Crippen LogP contribution in [0, 0.1) is 13.8 Å². The maximum absolute atomic E-state index is 12.8. The fraction of sp³-hybridized carbons (Fsp3) is 0.286. The van der Waals surface area contributed by atoms with Crippen LogP contribution < -0.4 is 5.32 Å². The van der Waals surface area contributed by atoms with Crippen LogP contribution in [0.4, 0.5) is 0 Å². The fourth-order valence-electron chi connectivity index (χ4n) is 2.78. The molecule has 0 saturated carbocycles. The predicted molar refractivity (Wildman–Crippen MR) is 104 cm³/mol. The third-order valence-corrected chi connectivity index (χ3v) is 5.07. The number of carbonyl (C=O) groups is 1. The Kier molecular flexibility index (Phi) is 6.68. The van der Waals surface area contributed by atoms with Crippen LogP contribution in [0.2, 0.25) is 0 Å². The molecule has 0 aliphatic heterocycles. The van der Waals surface area contributed by atoms with Gasteiger partial charge in [0.15, 0.2) is 0 Å². The zero-order chi connectivity index (χ0) is 17.5. The van der Waals surface area contributed by atoms with Crippen molar-refractivity contribution in [1.82, 2.24) is 5.32 Å². The van der Waals surface area contributed by atoms with Crippen LogP contribution in [-0.4, -0.2) is 11.7 Å². The number of amides is 1. The molecule has 2 aromatic rings. The molecular weight excluding hydrogens is 314 g/mol. The molecule has 0 aliphatic carbocycles. The number of rotatable bonds is 7. The minimum Gasteiger partial charge on any atom is -0.345 e. The molecule has 0 fully saturated rings. The number of benzene rings is 2. The molecular formula is C21H25NOS. The number of aryl methyl sites for hydroxylation is 2. The smallest absolute Gasteiger partial charge is 0.252 e. The van der Waals surface area contributed by atoms with Crippen molar-refractivity contribution in [2.45, 2.75) is 38.1 Å². The van der Waals surface area contributed by atoms with E-state index in [1.807, 2.05) is 30.3 Å². The SMILES string of the molecule is C=CCSc1ccccc1C(=O)N[C@H](CC)c1ccc(C)cc1C. The van der Waals surface area contributed by atoms with Crippen LogP contribution in [0.3, 0.4) is 0 Å². The number of thioether (sulfide) groups is 1. The van der Waals surface area contributed by atoms with Gasteiger partial charge < -0.3 is 5.32 Å². The van der Waals surface area contributed by atoms with Gasteiger partial charge in [0, 0.05) is 10.6 Å². The standard InChI is InChI=1S/C21H25NOS/c1-5-13-24-20-10-8-7-9-18(20)21(23)22-19(6-2)17-12-11-15(3)14-16(17)4/h5,7-12,14,19H,1,6,13H2,2-4H3,(H,22,23)/t19-/m1/s1. The lowest BCUT2D eigenvalue weighted by atomic mass is 9.97. The third-order valence-electron chi connectivity index (χ3n) is 4.00. The van der Waals surface area contributed by atoms with Crippen molar-refractivity contribution in [3.8, 4) is 0 Å². The van der Waals surface area contributed by atoms with Crippen LogP contribution in [0.1, 0.15) is 46.4 Å². The summed E-state index contributed by atoms with van der Waals surface area (Å²) in [5.41, 5.74) is 4.38. The van der Waals surface area contributed by atoms with E-state index >= 15 is 0 Å². The monoisotopic (exact) mass is 339 g/mol. The largest absolute Gasteiger partial charge is 0.345 e. The van der Waals surface area contributed by atoms with Crippen molar-refractivity contribution in [2.24, 2.45) is 0 Å². The van der Waals surface area contributed by atoms with Gasteiger partial charge in [-0.3, -0.25) is 4.79 Å². The number of hydrogen-bond acceptors (Lipinski definition) is 2. The normalized spacial score (nSPS) is 11.8. The molecule has 2 nitrogen and oxygen atoms in total.